The topological polar surface area (TPSA) is 46.5 Å². The first-order chi connectivity index (χ1) is 7.94. The minimum atomic E-state index is -0.877. The Kier molecular flexibility index (Phi) is 3.25. The number of hydrogen-bond acceptors (Lipinski definition) is 2. The molecule has 0 spiro atoms. The van der Waals surface area contributed by atoms with Crippen molar-refractivity contribution < 1.29 is 14.6 Å². The van der Waals surface area contributed by atoms with Crippen LogP contribution in [0.1, 0.15) is 18.9 Å². The third-order valence-electron chi connectivity index (χ3n) is 3.01. The van der Waals surface area contributed by atoms with E-state index in [9.17, 15) is 9.90 Å². The number of halogens is 2. The molecule has 92 valence electrons. The highest BCUT2D eigenvalue weighted by Gasteiger charge is 2.71. The van der Waals surface area contributed by atoms with E-state index in [1.807, 2.05) is 19.1 Å². The molecule has 1 unspecified atom stereocenters. The zero-order valence-electron chi connectivity index (χ0n) is 9.24. The molecule has 1 N–H and O–H groups in total. The van der Waals surface area contributed by atoms with Gasteiger partial charge in [0.05, 0.1) is 6.61 Å². The van der Waals surface area contributed by atoms with Crippen molar-refractivity contribution in [1.82, 2.24) is 0 Å². The fourth-order valence-corrected chi connectivity index (χ4v) is 3.60. The van der Waals surface area contributed by atoms with Crippen molar-refractivity contribution in [2.24, 2.45) is 0 Å². The van der Waals surface area contributed by atoms with E-state index in [-0.39, 0.29) is 0 Å². The van der Waals surface area contributed by atoms with Crippen LogP contribution in [0.5, 0.6) is 5.75 Å². The molecular weight excluding hydrogens is 352 g/mol. The normalized spacial score (nSPS) is 25.4. The third kappa shape index (κ3) is 1.99. The molecule has 0 aliphatic heterocycles. The third-order valence-corrected chi connectivity index (χ3v) is 4.92. The van der Waals surface area contributed by atoms with E-state index >= 15 is 0 Å². The molecule has 3 nitrogen and oxygen atoms in total. The molecule has 1 saturated carbocycles. The Morgan fingerprint density at radius 3 is 2.29 bits per heavy atom. The Morgan fingerprint density at radius 2 is 1.94 bits per heavy atom. The Morgan fingerprint density at radius 1 is 1.41 bits per heavy atom. The highest BCUT2D eigenvalue weighted by atomic mass is 79.9. The van der Waals surface area contributed by atoms with E-state index in [0.29, 0.717) is 13.0 Å². The van der Waals surface area contributed by atoms with Gasteiger partial charge < -0.3 is 9.84 Å². The van der Waals surface area contributed by atoms with Crippen molar-refractivity contribution in [3.05, 3.63) is 29.8 Å². The van der Waals surface area contributed by atoms with Gasteiger partial charge in [-0.15, -0.1) is 0 Å². The van der Waals surface area contributed by atoms with Gasteiger partial charge in [0.25, 0.3) is 0 Å². The standard InChI is InChI=1S/C12H12Br2O3/c1-2-17-9-5-3-8(4-6-9)11(10(15)16)7-12(11,13)14/h3-6H,2,7H2,1H3,(H,15,16). The minimum Gasteiger partial charge on any atom is -0.494 e. The van der Waals surface area contributed by atoms with Crippen LogP contribution in [0.2, 0.25) is 0 Å². The number of aliphatic carboxylic acids is 1. The Hall–Kier alpha value is -0.550. The number of carboxylic acid groups (broad SMARTS) is 1. The maximum absolute atomic E-state index is 11.4. The minimum absolute atomic E-state index is 0.531. The van der Waals surface area contributed by atoms with Gasteiger partial charge in [-0.05, 0) is 31.0 Å². The molecule has 1 atom stereocenters. The molecule has 0 aromatic heterocycles. The number of benzene rings is 1. The Bertz CT molecular complexity index is 442. The van der Waals surface area contributed by atoms with E-state index in [4.69, 9.17) is 4.74 Å². The molecule has 0 bridgehead atoms. The van der Waals surface area contributed by atoms with E-state index in [2.05, 4.69) is 31.9 Å². The summed E-state index contributed by atoms with van der Waals surface area (Å²) < 4.78 is 4.80. The average Bonchev–Trinajstić information content (AvgIpc) is 2.85. The lowest BCUT2D eigenvalue weighted by atomic mass is 9.96. The molecule has 1 aromatic carbocycles. The fourth-order valence-electron chi connectivity index (χ4n) is 1.96. The van der Waals surface area contributed by atoms with Crippen LogP contribution >= 0.6 is 31.9 Å². The molecule has 1 aliphatic carbocycles. The molecule has 1 aliphatic rings. The SMILES string of the molecule is CCOc1ccc(C2(C(=O)O)CC2(Br)Br)cc1. The van der Waals surface area contributed by atoms with Gasteiger partial charge in [0, 0.05) is 0 Å². The van der Waals surface area contributed by atoms with Crippen LogP contribution in [-0.4, -0.2) is 20.9 Å². The smallest absolute Gasteiger partial charge is 0.316 e. The van der Waals surface area contributed by atoms with Crippen LogP contribution in [0.4, 0.5) is 0 Å². The van der Waals surface area contributed by atoms with Crippen molar-refractivity contribution >= 4 is 37.8 Å². The highest BCUT2D eigenvalue weighted by Crippen LogP contribution is 2.67. The summed E-state index contributed by atoms with van der Waals surface area (Å²) >= 11 is 6.80. The molecule has 1 aromatic rings. The largest absolute Gasteiger partial charge is 0.494 e. The molecule has 1 fully saturated rings. The van der Waals surface area contributed by atoms with Gasteiger partial charge in [0.1, 0.15) is 14.4 Å². The van der Waals surface area contributed by atoms with E-state index in [1.165, 1.54) is 0 Å². The maximum atomic E-state index is 11.4. The molecule has 17 heavy (non-hydrogen) atoms. The monoisotopic (exact) mass is 362 g/mol. The maximum Gasteiger partial charge on any atom is 0.316 e. The van der Waals surface area contributed by atoms with Gasteiger partial charge in [0.2, 0.25) is 0 Å². The molecular formula is C12H12Br2O3. The second-order valence-corrected chi connectivity index (χ2v) is 7.82. The fraction of sp³-hybridized carbons (Fsp3) is 0.417. The number of carbonyl (C=O) groups is 1. The first-order valence-electron chi connectivity index (χ1n) is 5.28. The van der Waals surface area contributed by atoms with Crippen LogP contribution < -0.4 is 4.74 Å². The van der Waals surface area contributed by atoms with Crippen LogP contribution in [0.15, 0.2) is 24.3 Å². The lowest BCUT2D eigenvalue weighted by molar-refractivity contribution is -0.140. The lowest BCUT2D eigenvalue weighted by Gasteiger charge is -2.14. The van der Waals surface area contributed by atoms with Crippen LogP contribution in [0.3, 0.4) is 0 Å². The van der Waals surface area contributed by atoms with Crippen molar-refractivity contribution in [1.29, 1.82) is 0 Å². The number of carboxylic acids is 1. The van der Waals surface area contributed by atoms with Gasteiger partial charge in [-0.3, -0.25) is 4.79 Å². The summed E-state index contributed by atoms with van der Waals surface area (Å²) in [6.07, 6.45) is 0.531. The number of ether oxygens (including phenoxy) is 1. The predicted octanol–water partition coefficient (Wildman–Crippen LogP) is 3.30. The first-order valence-corrected chi connectivity index (χ1v) is 6.87. The molecule has 0 saturated heterocycles. The van der Waals surface area contributed by atoms with Gasteiger partial charge in [0.15, 0.2) is 0 Å². The molecule has 5 heteroatoms. The summed E-state index contributed by atoms with van der Waals surface area (Å²) in [5, 5.41) is 9.37. The average molecular weight is 364 g/mol. The van der Waals surface area contributed by atoms with E-state index < -0.39 is 14.6 Å². The first kappa shape index (κ1) is 12.9. The number of rotatable bonds is 4. The molecule has 2 rings (SSSR count). The van der Waals surface area contributed by atoms with Gasteiger partial charge in [-0.1, -0.05) is 44.0 Å². The molecule has 0 radical (unpaired) electrons. The quantitative estimate of drug-likeness (QED) is 0.835. The summed E-state index contributed by atoms with van der Waals surface area (Å²) in [7, 11) is 0. The summed E-state index contributed by atoms with van der Waals surface area (Å²) in [6, 6.07) is 7.22. The van der Waals surface area contributed by atoms with E-state index in [1.54, 1.807) is 12.1 Å². The summed E-state index contributed by atoms with van der Waals surface area (Å²) in [5.74, 6) is -0.0670. The second kappa shape index (κ2) is 4.28. The Labute approximate surface area is 116 Å². The summed E-state index contributed by atoms with van der Waals surface area (Å²) in [4.78, 5) is 11.4. The van der Waals surface area contributed by atoms with Crippen LogP contribution in [0.25, 0.3) is 0 Å². The Balaban J connectivity index is 2.31. The van der Waals surface area contributed by atoms with Crippen LogP contribution in [0, 0.1) is 0 Å². The number of hydrogen-bond donors (Lipinski definition) is 1. The highest BCUT2D eigenvalue weighted by molar-refractivity contribution is 9.25. The molecule has 0 heterocycles. The van der Waals surface area contributed by atoms with Gasteiger partial charge >= 0.3 is 5.97 Å². The summed E-state index contributed by atoms with van der Waals surface area (Å²) in [5.41, 5.74) is -0.0974. The second-order valence-electron chi connectivity index (χ2n) is 4.05. The van der Waals surface area contributed by atoms with Crippen LogP contribution in [-0.2, 0) is 10.2 Å². The van der Waals surface area contributed by atoms with Crippen molar-refractivity contribution in [2.75, 3.05) is 6.61 Å². The van der Waals surface area contributed by atoms with E-state index in [0.717, 1.165) is 11.3 Å². The molecule has 0 amide bonds. The zero-order valence-corrected chi connectivity index (χ0v) is 12.4. The van der Waals surface area contributed by atoms with Crippen molar-refractivity contribution in [3.63, 3.8) is 0 Å². The van der Waals surface area contributed by atoms with Crippen molar-refractivity contribution in [2.45, 2.75) is 22.0 Å². The number of alkyl halides is 2. The van der Waals surface area contributed by atoms with Crippen molar-refractivity contribution in [3.8, 4) is 5.75 Å². The lowest BCUT2D eigenvalue weighted by Crippen LogP contribution is -2.25. The van der Waals surface area contributed by atoms with Gasteiger partial charge in [-0.25, -0.2) is 0 Å². The van der Waals surface area contributed by atoms with Gasteiger partial charge in [-0.2, -0.15) is 0 Å². The zero-order chi connectivity index (χ0) is 12.7. The summed E-state index contributed by atoms with van der Waals surface area (Å²) in [6.45, 7) is 2.51. The predicted molar refractivity (Wildman–Crippen MR) is 72.1 cm³/mol.